The van der Waals surface area contributed by atoms with Gasteiger partial charge in [-0.05, 0) is 12.1 Å². The Balaban J connectivity index is 1.12. The van der Waals surface area contributed by atoms with Crippen LogP contribution in [0.5, 0.6) is 5.88 Å². The number of aromatic amines is 1. The smallest absolute Gasteiger partial charge is 0.409 e. The maximum absolute atomic E-state index is 15.1. The second-order valence-corrected chi connectivity index (χ2v) is 10.2. The first-order chi connectivity index (χ1) is 18.4. The van der Waals surface area contributed by atoms with Crippen molar-refractivity contribution in [1.29, 1.82) is 0 Å². The molecule has 3 aromatic rings. The lowest BCUT2D eigenvalue weighted by molar-refractivity contribution is 0.00794. The average Bonchev–Trinajstić information content (AvgIpc) is 3.60. The van der Waals surface area contributed by atoms with Crippen LogP contribution in [0, 0.1) is 5.82 Å². The molecule has 0 radical (unpaired) electrons. The fraction of sp³-hybridized carbons (Fsp3) is 0.481. The van der Waals surface area contributed by atoms with E-state index in [4.69, 9.17) is 18.9 Å². The number of amides is 1. The molecule has 1 amide bonds. The third-order valence-electron chi connectivity index (χ3n) is 7.37. The van der Waals surface area contributed by atoms with Gasteiger partial charge in [0.15, 0.2) is 17.8 Å². The number of halogens is 1. The van der Waals surface area contributed by atoms with E-state index in [0.29, 0.717) is 29.1 Å². The quantitative estimate of drug-likeness (QED) is 0.523. The van der Waals surface area contributed by atoms with Gasteiger partial charge in [-0.1, -0.05) is 12.1 Å². The van der Waals surface area contributed by atoms with Crippen LogP contribution in [0.15, 0.2) is 36.4 Å². The summed E-state index contributed by atoms with van der Waals surface area (Å²) in [6.45, 7) is 2.07. The number of nitrogens with zero attached hydrogens (tertiary/aromatic N) is 3. The lowest BCUT2D eigenvalue weighted by Gasteiger charge is -2.33. The summed E-state index contributed by atoms with van der Waals surface area (Å²) >= 11 is 0. The fourth-order valence-corrected chi connectivity index (χ4v) is 5.29. The number of rotatable bonds is 5. The molecule has 4 atom stereocenters. The highest BCUT2D eigenvalue weighted by molar-refractivity contribution is 5.81. The Morgan fingerprint density at radius 1 is 1.13 bits per heavy atom. The monoisotopic (exact) mass is 526 g/mol. The number of piperidine rings is 1. The average molecular weight is 527 g/mol. The minimum absolute atomic E-state index is 0.0828. The van der Waals surface area contributed by atoms with Crippen molar-refractivity contribution in [2.45, 2.75) is 43.4 Å². The molecule has 2 N–H and O–H groups in total. The van der Waals surface area contributed by atoms with Crippen molar-refractivity contribution < 1.29 is 33.2 Å². The van der Waals surface area contributed by atoms with Gasteiger partial charge in [-0.2, -0.15) is 0 Å². The Kier molecular flexibility index (Phi) is 6.58. The summed E-state index contributed by atoms with van der Waals surface area (Å²) in [5.41, 5.74) is 3.07. The van der Waals surface area contributed by atoms with Gasteiger partial charge >= 0.3 is 6.09 Å². The summed E-state index contributed by atoms with van der Waals surface area (Å²) in [4.78, 5) is 23.1. The Labute approximate surface area is 219 Å². The second kappa shape index (κ2) is 10.0. The van der Waals surface area contributed by atoms with E-state index >= 15 is 4.39 Å². The zero-order chi connectivity index (χ0) is 26.4. The largest absolute Gasteiger partial charge is 0.470 e. The number of pyridine rings is 1. The van der Waals surface area contributed by atoms with Crippen LogP contribution in [0.25, 0.3) is 22.3 Å². The lowest BCUT2D eigenvalue weighted by atomic mass is 10.1. The zero-order valence-electron chi connectivity index (χ0n) is 21.3. The van der Waals surface area contributed by atoms with Crippen LogP contribution in [-0.2, 0) is 14.2 Å². The third kappa shape index (κ3) is 4.77. The molecule has 2 aromatic heterocycles. The van der Waals surface area contributed by atoms with E-state index in [-0.39, 0.29) is 42.8 Å². The normalized spacial score (nSPS) is 25.5. The van der Waals surface area contributed by atoms with Gasteiger partial charge < -0.3 is 38.8 Å². The summed E-state index contributed by atoms with van der Waals surface area (Å²) in [6.07, 6.45) is -0.631. The summed E-state index contributed by atoms with van der Waals surface area (Å²) in [7, 11) is 3.35. The number of benzene rings is 1. The predicted octanol–water partition coefficient (Wildman–Crippen LogP) is 2.94. The molecular formula is C27H31FN4O6. The molecular weight excluding hydrogens is 495 g/mol. The number of aliphatic hydroxyl groups excluding tert-OH is 1. The molecule has 0 saturated carbocycles. The van der Waals surface area contributed by atoms with Crippen molar-refractivity contribution >= 4 is 22.8 Å². The van der Waals surface area contributed by atoms with Crippen molar-refractivity contribution in [3.63, 3.8) is 0 Å². The summed E-state index contributed by atoms with van der Waals surface area (Å²) < 4.78 is 37.8. The molecule has 6 rings (SSSR count). The molecule has 1 aromatic carbocycles. The minimum atomic E-state index is -0.652. The van der Waals surface area contributed by atoms with Gasteiger partial charge in [-0.3, -0.25) is 0 Å². The standard InChI is InChI=1S/C27H31FN4O6/c1-31(2)27(34)37-17-7-9-32(10-8-17)16-5-3-15(4-6-16)24-18(28)11-19-20(30-24)12-23(29-19)38-22-14-36-25-21(33)13-35-26(22)25/h3-6,11-12,17,21-22,25-26,29,33H,7-10,13-14H2,1-2H3/t21-,22-,25-,26-/m1/s1. The number of aromatic nitrogens is 2. The van der Waals surface area contributed by atoms with E-state index in [0.717, 1.165) is 31.6 Å². The van der Waals surface area contributed by atoms with Crippen molar-refractivity contribution in [3.8, 4) is 17.1 Å². The number of carbonyl (C=O) groups excluding carboxylic acids is 1. The lowest BCUT2D eigenvalue weighted by Crippen LogP contribution is -2.39. The number of carbonyl (C=O) groups is 1. The molecule has 0 bridgehead atoms. The molecule has 10 nitrogen and oxygen atoms in total. The highest BCUT2D eigenvalue weighted by Crippen LogP contribution is 2.32. The molecule has 0 spiro atoms. The van der Waals surface area contributed by atoms with Gasteiger partial charge in [-0.15, -0.1) is 0 Å². The first-order valence-electron chi connectivity index (χ1n) is 12.9. The summed E-state index contributed by atoms with van der Waals surface area (Å²) in [5.74, 6) is 0.00647. The van der Waals surface area contributed by atoms with Crippen LogP contribution in [0.4, 0.5) is 14.9 Å². The Bertz CT molecular complexity index is 1310. The van der Waals surface area contributed by atoms with Gasteiger partial charge in [0.1, 0.15) is 30.1 Å². The van der Waals surface area contributed by atoms with Crippen LogP contribution in [-0.4, -0.2) is 97.0 Å². The molecule has 5 heterocycles. The van der Waals surface area contributed by atoms with E-state index in [2.05, 4.69) is 14.9 Å². The first-order valence-corrected chi connectivity index (χ1v) is 12.9. The van der Waals surface area contributed by atoms with E-state index in [1.807, 2.05) is 24.3 Å². The van der Waals surface area contributed by atoms with Crippen LogP contribution in [0.1, 0.15) is 12.8 Å². The van der Waals surface area contributed by atoms with E-state index in [1.54, 1.807) is 20.2 Å². The number of anilines is 1. The van der Waals surface area contributed by atoms with Crippen LogP contribution in [0.2, 0.25) is 0 Å². The molecule has 3 aliphatic heterocycles. The second-order valence-electron chi connectivity index (χ2n) is 10.2. The van der Waals surface area contributed by atoms with Crippen molar-refractivity contribution in [2.75, 3.05) is 45.3 Å². The van der Waals surface area contributed by atoms with Crippen LogP contribution >= 0.6 is 0 Å². The summed E-state index contributed by atoms with van der Waals surface area (Å²) in [6, 6.07) is 10.8. The van der Waals surface area contributed by atoms with Crippen molar-refractivity contribution in [1.82, 2.24) is 14.9 Å². The number of nitrogens with one attached hydrogen (secondary N) is 1. The highest BCUT2D eigenvalue weighted by atomic mass is 19.1. The molecule has 3 aliphatic rings. The van der Waals surface area contributed by atoms with E-state index in [9.17, 15) is 9.90 Å². The Hall–Kier alpha value is -3.41. The number of hydrogen-bond acceptors (Lipinski definition) is 8. The van der Waals surface area contributed by atoms with Crippen molar-refractivity contribution in [3.05, 3.63) is 42.2 Å². The minimum Gasteiger partial charge on any atom is -0.470 e. The molecule has 0 unspecified atom stereocenters. The Morgan fingerprint density at radius 3 is 2.61 bits per heavy atom. The van der Waals surface area contributed by atoms with E-state index in [1.165, 1.54) is 11.0 Å². The topological polar surface area (TPSA) is 109 Å². The number of ether oxygens (including phenoxy) is 4. The SMILES string of the molecule is CN(C)C(=O)OC1CCN(c2ccc(-c3nc4cc(O[C@@H]5CO[C@H]6[C@@H]5OC[C@H]6O)[nH]c4cc3F)cc2)CC1. The van der Waals surface area contributed by atoms with E-state index < -0.39 is 11.9 Å². The van der Waals surface area contributed by atoms with Gasteiger partial charge in [0, 0.05) is 63.4 Å². The van der Waals surface area contributed by atoms with Gasteiger partial charge in [0.05, 0.1) is 24.2 Å². The molecule has 11 heteroatoms. The van der Waals surface area contributed by atoms with Crippen LogP contribution < -0.4 is 9.64 Å². The Morgan fingerprint density at radius 2 is 1.87 bits per heavy atom. The van der Waals surface area contributed by atoms with Gasteiger partial charge in [0.2, 0.25) is 0 Å². The molecule has 202 valence electrons. The number of aliphatic hydroxyl groups is 1. The van der Waals surface area contributed by atoms with Gasteiger partial charge in [-0.25, -0.2) is 14.2 Å². The zero-order valence-corrected chi connectivity index (χ0v) is 21.3. The summed E-state index contributed by atoms with van der Waals surface area (Å²) in [5, 5.41) is 9.93. The fourth-order valence-electron chi connectivity index (χ4n) is 5.29. The highest BCUT2D eigenvalue weighted by Gasteiger charge is 2.48. The predicted molar refractivity (Wildman–Crippen MR) is 137 cm³/mol. The van der Waals surface area contributed by atoms with Crippen LogP contribution in [0.3, 0.4) is 0 Å². The maximum atomic E-state index is 15.1. The number of hydrogen-bond donors (Lipinski definition) is 2. The molecule has 3 fully saturated rings. The van der Waals surface area contributed by atoms with Crippen molar-refractivity contribution in [2.24, 2.45) is 0 Å². The molecule has 3 saturated heterocycles. The molecule has 0 aliphatic carbocycles. The number of H-pyrrole nitrogens is 1. The third-order valence-corrected chi connectivity index (χ3v) is 7.37. The van der Waals surface area contributed by atoms with Gasteiger partial charge in [0.25, 0.3) is 0 Å². The first kappa shape index (κ1) is 24.9. The maximum Gasteiger partial charge on any atom is 0.409 e. The molecule has 38 heavy (non-hydrogen) atoms. The number of fused-ring (bicyclic) bond motifs is 2.